The van der Waals surface area contributed by atoms with Crippen LogP contribution < -0.4 is 4.74 Å². The van der Waals surface area contributed by atoms with Crippen molar-refractivity contribution in [1.82, 2.24) is 0 Å². The van der Waals surface area contributed by atoms with Crippen molar-refractivity contribution in [3.63, 3.8) is 0 Å². The third kappa shape index (κ3) is 4.49. The number of hydrogen-bond acceptors (Lipinski definition) is 5. The molecule has 0 bridgehead atoms. The molecule has 0 aliphatic carbocycles. The molecule has 3 rings (SSSR count). The Balaban J connectivity index is 1.73. The summed E-state index contributed by atoms with van der Waals surface area (Å²) in [5.41, 5.74) is 3.14. The molecule has 0 amide bonds. The van der Waals surface area contributed by atoms with Crippen LogP contribution in [0.1, 0.15) is 34.8 Å². The lowest BCUT2D eigenvalue weighted by atomic mass is 10.1. The van der Waals surface area contributed by atoms with Gasteiger partial charge in [0, 0.05) is 5.56 Å². The highest BCUT2D eigenvalue weighted by molar-refractivity contribution is 6.02. The van der Waals surface area contributed by atoms with E-state index in [0.29, 0.717) is 18.6 Å². The number of fused-ring (bicyclic) bond motifs is 1. The third-order valence-corrected chi connectivity index (χ3v) is 4.47. The molecule has 0 fully saturated rings. The van der Waals surface area contributed by atoms with E-state index in [9.17, 15) is 4.79 Å². The molecule has 0 saturated carbocycles. The van der Waals surface area contributed by atoms with E-state index in [4.69, 9.17) is 14.3 Å². The van der Waals surface area contributed by atoms with Gasteiger partial charge in [-0.15, -0.1) is 0 Å². The number of methoxy groups -OCH3 is 2. The number of benzene rings is 3. The highest BCUT2D eigenvalue weighted by Crippen LogP contribution is 2.22. The van der Waals surface area contributed by atoms with Crippen LogP contribution in [0, 0.1) is 0 Å². The van der Waals surface area contributed by atoms with E-state index in [1.165, 1.54) is 7.11 Å². The molecule has 0 aliphatic heterocycles. The standard InChI is InChI=1S/C23H23NO4/c1-4-22(19-6-5-7-20(13-19)23(25)27-3)24-28-15-16-8-9-18-14-21(26-2)11-10-17(18)12-16/h5-14H,4,15H2,1-3H3/b24-22+. The summed E-state index contributed by atoms with van der Waals surface area (Å²) < 4.78 is 10.0. The van der Waals surface area contributed by atoms with E-state index in [1.807, 2.05) is 49.4 Å². The zero-order valence-electron chi connectivity index (χ0n) is 16.3. The Bertz CT molecular complexity index is 1010. The molecule has 0 aromatic heterocycles. The van der Waals surface area contributed by atoms with E-state index in [0.717, 1.165) is 33.4 Å². The Morgan fingerprint density at radius 2 is 1.68 bits per heavy atom. The van der Waals surface area contributed by atoms with Crippen LogP contribution >= 0.6 is 0 Å². The summed E-state index contributed by atoms with van der Waals surface area (Å²) in [6.07, 6.45) is 0.683. The molecule has 5 heteroatoms. The van der Waals surface area contributed by atoms with Crippen molar-refractivity contribution in [2.24, 2.45) is 5.16 Å². The first-order valence-corrected chi connectivity index (χ1v) is 9.09. The van der Waals surface area contributed by atoms with Gasteiger partial charge in [0.05, 0.1) is 25.5 Å². The normalized spacial score (nSPS) is 11.3. The molecular formula is C23H23NO4. The van der Waals surface area contributed by atoms with Crippen molar-refractivity contribution in [3.05, 3.63) is 77.4 Å². The Kier molecular flexibility index (Phi) is 6.27. The van der Waals surface area contributed by atoms with Crippen LogP contribution in [0.5, 0.6) is 5.75 Å². The molecule has 0 radical (unpaired) electrons. The highest BCUT2D eigenvalue weighted by atomic mass is 16.6. The predicted molar refractivity (Wildman–Crippen MR) is 110 cm³/mol. The minimum atomic E-state index is -0.369. The van der Waals surface area contributed by atoms with Crippen molar-refractivity contribution >= 4 is 22.5 Å². The second-order valence-corrected chi connectivity index (χ2v) is 6.28. The number of ether oxygens (including phenoxy) is 2. The molecule has 0 spiro atoms. The number of carbonyl (C=O) groups excluding carboxylic acids is 1. The molecule has 3 aromatic carbocycles. The number of carbonyl (C=O) groups is 1. The average Bonchev–Trinajstić information content (AvgIpc) is 2.75. The molecule has 28 heavy (non-hydrogen) atoms. The minimum Gasteiger partial charge on any atom is -0.497 e. The predicted octanol–water partition coefficient (Wildman–Crippen LogP) is 4.97. The Morgan fingerprint density at radius 1 is 0.929 bits per heavy atom. The zero-order valence-corrected chi connectivity index (χ0v) is 16.3. The number of rotatable bonds is 7. The second-order valence-electron chi connectivity index (χ2n) is 6.28. The van der Waals surface area contributed by atoms with Crippen LogP contribution in [0.25, 0.3) is 10.8 Å². The first-order valence-electron chi connectivity index (χ1n) is 9.09. The molecule has 0 saturated heterocycles. The van der Waals surface area contributed by atoms with Crippen molar-refractivity contribution in [1.29, 1.82) is 0 Å². The van der Waals surface area contributed by atoms with Crippen LogP contribution in [0.4, 0.5) is 0 Å². The Labute approximate surface area is 164 Å². The monoisotopic (exact) mass is 377 g/mol. The summed E-state index contributed by atoms with van der Waals surface area (Å²) in [6.45, 7) is 2.36. The van der Waals surface area contributed by atoms with Gasteiger partial charge in [0.1, 0.15) is 12.4 Å². The molecule has 5 nitrogen and oxygen atoms in total. The fraction of sp³-hybridized carbons (Fsp3) is 0.217. The van der Waals surface area contributed by atoms with E-state index >= 15 is 0 Å². The van der Waals surface area contributed by atoms with Gasteiger partial charge in [-0.2, -0.15) is 0 Å². The first kappa shape index (κ1) is 19.4. The zero-order chi connectivity index (χ0) is 19.9. The van der Waals surface area contributed by atoms with Crippen LogP contribution in [-0.4, -0.2) is 25.9 Å². The Morgan fingerprint density at radius 3 is 2.43 bits per heavy atom. The highest BCUT2D eigenvalue weighted by Gasteiger charge is 2.09. The van der Waals surface area contributed by atoms with Crippen LogP contribution in [0.3, 0.4) is 0 Å². The van der Waals surface area contributed by atoms with Crippen molar-refractivity contribution in [3.8, 4) is 5.75 Å². The summed E-state index contributed by atoms with van der Waals surface area (Å²) >= 11 is 0. The maximum absolute atomic E-state index is 11.7. The molecule has 144 valence electrons. The summed E-state index contributed by atoms with van der Waals surface area (Å²) in [5, 5.41) is 6.52. The molecular weight excluding hydrogens is 354 g/mol. The van der Waals surface area contributed by atoms with Gasteiger partial charge in [0.15, 0.2) is 0 Å². The quantitative estimate of drug-likeness (QED) is 0.331. The summed E-state index contributed by atoms with van der Waals surface area (Å²) in [4.78, 5) is 17.3. The first-order chi connectivity index (χ1) is 13.6. The molecule has 0 atom stereocenters. The van der Waals surface area contributed by atoms with Crippen LogP contribution in [0.2, 0.25) is 0 Å². The topological polar surface area (TPSA) is 57.1 Å². The molecule has 3 aromatic rings. The smallest absolute Gasteiger partial charge is 0.337 e. The van der Waals surface area contributed by atoms with Gasteiger partial charge in [-0.25, -0.2) is 4.79 Å². The number of nitrogens with zero attached hydrogens (tertiary/aromatic N) is 1. The van der Waals surface area contributed by atoms with Gasteiger partial charge in [-0.05, 0) is 53.1 Å². The number of esters is 1. The molecule has 0 aliphatic rings. The lowest BCUT2D eigenvalue weighted by Crippen LogP contribution is -2.05. The Hall–Kier alpha value is -3.34. The van der Waals surface area contributed by atoms with Crippen molar-refractivity contribution in [2.45, 2.75) is 20.0 Å². The van der Waals surface area contributed by atoms with Gasteiger partial charge in [0.25, 0.3) is 0 Å². The van der Waals surface area contributed by atoms with Crippen molar-refractivity contribution in [2.75, 3.05) is 14.2 Å². The number of hydrogen-bond donors (Lipinski definition) is 0. The van der Waals surface area contributed by atoms with E-state index in [2.05, 4.69) is 11.2 Å². The largest absolute Gasteiger partial charge is 0.497 e. The summed E-state index contributed by atoms with van der Waals surface area (Å²) in [6, 6.07) is 19.3. The van der Waals surface area contributed by atoms with Crippen LogP contribution in [0.15, 0.2) is 65.8 Å². The molecule has 0 heterocycles. The molecule has 0 N–H and O–H groups in total. The van der Waals surface area contributed by atoms with Gasteiger partial charge >= 0.3 is 5.97 Å². The van der Waals surface area contributed by atoms with Gasteiger partial charge in [-0.3, -0.25) is 0 Å². The summed E-state index contributed by atoms with van der Waals surface area (Å²) in [5.74, 6) is 0.467. The second kappa shape index (κ2) is 9.04. The third-order valence-electron chi connectivity index (χ3n) is 4.47. The molecule has 0 unspecified atom stereocenters. The maximum atomic E-state index is 11.7. The lowest BCUT2D eigenvalue weighted by molar-refractivity contribution is 0.0600. The fourth-order valence-electron chi connectivity index (χ4n) is 2.94. The SMILES string of the molecule is CC/C(=N\OCc1ccc2cc(OC)ccc2c1)c1cccc(C(=O)OC)c1. The summed E-state index contributed by atoms with van der Waals surface area (Å²) in [7, 11) is 3.03. The van der Waals surface area contributed by atoms with Gasteiger partial charge in [0.2, 0.25) is 0 Å². The van der Waals surface area contributed by atoms with E-state index in [-0.39, 0.29) is 5.97 Å². The lowest BCUT2D eigenvalue weighted by Gasteiger charge is -2.08. The fourth-order valence-corrected chi connectivity index (χ4v) is 2.94. The van der Waals surface area contributed by atoms with Crippen molar-refractivity contribution < 1.29 is 19.1 Å². The van der Waals surface area contributed by atoms with E-state index in [1.54, 1.807) is 19.2 Å². The van der Waals surface area contributed by atoms with Gasteiger partial charge < -0.3 is 14.3 Å². The van der Waals surface area contributed by atoms with E-state index < -0.39 is 0 Å². The van der Waals surface area contributed by atoms with Crippen LogP contribution in [-0.2, 0) is 16.2 Å². The maximum Gasteiger partial charge on any atom is 0.337 e. The minimum absolute atomic E-state index is 0.363. The number of oxime groups is 1. The van der Waals surface area contributed by atoms with Gasteiger partial charge in [-0.1, -0.05) is 42.4 Å². The average molecular weight is 377 g/mol.